The molecule has 0 aliphatic carbocycles. The van der Waals surface area contributed by atoms with Crippen LogP contribution in [0.4, 0.5) is 8.78 Å². The fourth-order valence-corrected chi connectivity index (χ4v) is 2.81. The van der Waals surface area contributed by atoms with Crippen molar-refractivity contribution >= 4 is 17.9 Å². The van der Waals surface area contributed by atoms with E-state index in [9.17, 15) is 18.4 Å². The van der Waals surface area contributed by atoms with Gasteiger partial charge in [-0.2, -0.15) is 0 Å². The summed E-state index contributed by atoms with van der Waals surface area (Å²) in [5, 5.41) is -0.225. The zero-order chi connectivity index (χ0) is 20.4. The van der Waals surface area contributed by atoms with Gasteiger partial charge in [-0.25, -0.2) is 8.78 Å². The van der Waals surface area contributed by atoms with E-state index < -0.39 is 17.2 Å². The van der Waals surface area contributed by atoms with Crippen molar-refractivity contribution in [3.8, 4) is 11.4 Å². The molecule has 6 nitrogen and oxygen atoms in total. The maximum atomic E-state index is 13.7. The number of hydrogen-bond donors (Lipinski definition) is 0. The average molecular weight is 406 g/mol. The Labute approximate surface area is 163 Å². The number of aldehydes is 1. The summed E-state index contributed by atoms with van der Waals surface area (Å²) in [4.78, 5) is 31.4. The molecule has 0 N–H and O–H groups in total. The summed E-state index contributed by atoms with van der Waals surface area (Å²) in [6, 6.07) is 3.67. The third-order valence-corrected chi connectivity index (χ3v) is 4.35. The van der Waals surface area contributed by atoms with Crippen molar-refractivity contribution < 1.29 is 18.3 Å². The minimum Gasteiger partial charge on any atom is -0.485 e. The van der Waals surface area contributed by atoms with Crippen LogP contribution in [0.1, 0.15) is 27.4 Å². The molecule has 0 fully saturated rings. The smallest absolute Gasteiger partial charge is 0.277 e. The molecule has 9 heteroatoms. The summed E-state index contributed by atoms with van der Waals surface area (Å²) < 4.78 is 33.4. The van der Waals surface area contributed by atoms with Gasteiger partial charge in [0.25, 0.3) is 5.56 Å². The molecule has 0 amide bonds. The molecule has 0 aliphatic rings. The number of rotatable bonds is 5. The van der Waals surface area contributed by atoms with E-state index in [1.54, 1.807) is 13.8 Å². The molecule has 0 unspecified atom stereocenters. The molecule has 0 bridgehead atoms. The molecule has 0 aliphatic heterocycles. The lowest BCUT2D eigenvalue weighted by atomic mass is 10.2. The van der Waals surface area contributed by atoms with Crippen molar-refractivity contribution in [1.29, 1.82) is 0 Å². The summed E-state index contributed by atoms with van der Waals surface area (Å²) in [6.07, 6.45) is 2.92. The largest absolute Gasteiger partial charge is 0.485 e. The first-order valence-electron chi connectivity index (χ1n) is 8.09. The second-order valence-electron chi connectivity index (χ2n) is 5.99. The Bertz CT molecular complexity index is 1130. The minimum atomic E-state index is -0.866. The Morgan fingerprint density at radius 1 is 1.18 bits per heavy atom. The highest BCUT2D eigenvalue weighted by atomic mass is 35.5. The van der Waals surface area contributed by atoms with Crippen LogP contribution >= 0.6 is 11.6 Å². The zero-order valence-electron chi connectivity index (χ0n) is 14.9. The Balaban J connectivity index is 1.99. The van der Waals surface area contributed by atoms with Crippen LogP contribution in [0.3, 0.4) is 0 Å². The Kier molecular flexibility index (Phi) is 5.51. The number of ether oxygens (including phenoxy) is 1. The molecule has 28 heavy (non-hydrogen) atoms. The SMILES string of the molecule is Cc1cnc(C=O)cc1-n1c(C)cc(OCc2ncc(F)cc2F)c(Cl)c1=O. The maximum Gasteiger partial charge on any atom is 0.277 e. The standard InChI is InChI=1S/C19H14ClF2N3O3/c1-10-6-23-13(8-26)5-16(10)25-11(2)3-17(18(20)19(25)27)28-9-15-14(22)4-12(21)7-24-15/h3-8H,9H2,1-2H3. The highest BCUT2D eigenvalue weighted by Crippen LogP contribution is 2.25. The van der Waals surface area contributed by atoms with Gasteiger partial charge < -0.3 is 4.74 Å². The molecule has 3 aromatic heterocycles. The molecule has 0 spiro atoms. The van der Waals surface area contributed by atoms with Gasteiger partial charge in [0.1, 0.15) is 34.6 Å². The third kappa shape index (κ3) is 3.77. The van der Waals surface area contributed by atoms with E-state index in [0.717, 1.165) is 6.20 Å². The summed E-state index contributed by atoms with van der Waals surface area (Å²) in [5.74, 6) is -1.64. The summed E-state index contributed by atoms with van der Waals surface area (Å²) in [7, 11) is 0. The minimum absolute atomic E-state index is 0.0354. The van der Waals surface area contributed by atoms with Crippen LogP contribution in [0, 0.1) is 25.5 Å². The Morgan fingerprint density at radius 3 is 2.61 bits per heavy atom. The Morgan fingerprint density at radius 2 is 1.93 bits per heavy atom. The molecular formula is C19H14ClF2N3O3. The van der Waals surface area contributed by atoms with E-state index in [4.69, 9.17) is 16.3 Å². The second-order valence-corrected chi connectivity index (χ2v) is 6.37. The Hall–Kier alpha value is -3.13. The highest BCUT2D eigenvalue weighted by molar-refractivity contribution is 6.31. The van der Waals surface area contributed by atoms with Gasteiger partial charge in [0, 0.05) is 24.0 Å². The van der Waals surface area contributed by atoms with Crippen molar-refractivity contribution in [3.63, 3.8) is 0 Å². The fraction of sp³-hybridized carbons (Fsp3) is 0.158. The molecule has 3 heterocycles. The monoisotopic (exact) mass is 405 g/mol. The number of hydrogen-bond acceptors (Lipinski definition) is 5. The fourth-order valence-electron chi connectivity index (χ4n) is 2.62. The number of carbonyl (C=O) groups is 1. The van der Waals surface area contributed by atoms with Gasteiger partial charge in [0.2, 0.25) is 0 Å². The van der Waals surface area contributed by atoms with Gasteiger partial charge in [-0.3, -0.25) is 24.1 Å². The van der Waals surface area contributed by atoms with Crippen LogP contribution in [0.15, 0.2) is 35.4 Å². The van der Waals surface area contributed by atoms with Crippen LogP contribution in [-0.4, -0.2) is 20.8 Å². The van der Waals surface area contributed by atoms with E-state index >= 15 is 0 Å². The van der Waals surface area contributed by atoms with Crippen molar-refractivity contribution in [2.75, 3.05) is 0 Å². The van der Waals surface area contributed by atoms with Crippen LogP contribution in [-0.2, 0) is 6.61 Å². The quantitative estimate of drug-likeness (QED) is 0.607. The van der Waals surface area contributed by atoms with Crippen molar-refractivity contribution in [2.45, 2.75) is 20.5 Å². The number of pyridine rings is 3. The number of nitrogens with zero attached hydrogens (tertiary/aromatic N) is 3. The average Bonchev–Trinajstić information content (AvgIpc) is 2.66. The van der Waals surface area contributed by atoms with E-state index in [0.29, 0.717) is 29.3 Å². The maximum absolute atomic E-state index is 13.7. The predicted molar refractivity (Wildman–Crippen MR) is 98.2 cm³/mol. The van der Waals surface area contributed by atoms with Crippen molar-refractivity contribution in [3.05, 3.63) is 80.2 Å². The van der Waals surface area contributed by atoms with E-state index in [2.05, 4.69) is 9.97 Å². The normalized spacial score (nSPS) is 10.8. The van der Waals surface area contributed by atoms with Gasteiger partial charge in [0.15, 0.2) is 12.1 Å². The van der Waals surface area contributed by atoms with E-state index in [-0.39, 0.29) is 28.8 Å². The van der Waals surface area contributed by atoms with Crippen LogP contribution in [0.25, 0.3) is 5.69 Å². The molecule has 0 saturated heterocycles. The van der Waals surface area contributed by atoms with Gasteiger partial charge in [-0.15, -0.1) is 0 Å². The van der Waals surface area contributed by atoms with Gasteiger partial charge in [-0.05, 0) is 25.5 Å². The number of aromatic nitrogens is 3. The topological polar surface area (TPSA) is 74.1 Å². The highest BCUT2D eigenvalue weighted by Gasteiger charge is 2.17. The first-order valence-corrected chi connectivity index (χ1v) is 8.46. The van der Waals surface area contributed by atoms with Crippen molar-refractivity contribution in [2.24, 2.45) is 0 Å². The molecule has 0 atom stereocenters. The molecule has 0 aromatic carbocycles. The van der Waals surface area contributed by atoms with Gasteiger partial charge in [-0.1, -0.05) is 11.6 Å². The first-order chi connectivity index (χ1) is 13.3. The summed E-state index contributed by atoms with van der Waals surface area (Å²) in [6.45, 7) is 3.06. The van der Waals surface area contributed by atoms with E-state index in [1.165, 1.54) is 22.9 Å². The lowest BCUT2D eigenvalue weighted by molar-refractivity contribution is 0.111. The molecule has 0 saturated carbocycles. The van der Waals surface area contributed by atoms with Crippen LogP contribution < -0.4 is 10.3 Å². The number of carbonyl (C=O) groups excluding carboxylic acids is 1. The molecule has 0 radical (unpaired) electrons. The lowest BCUT2D eigenvalue weighted by Crippen LogP contribution is -2.23. The molecule has 3 aromatic rings. The number of aryl methyl sites for hydroxylation is 2. The van der Waals surface area contributed by atoms with Gasteiger partial charge >= 0.3 is 0 Å². The molecule has 144 valence electrons. The first kappa shape index (κ1) is 19.6. The van der Waals surface area contributed by atoms with Crippen molar-refractivity contribution in [1.82, 2.24) is 14.5 Å². The second kappa shape index (κ2) is 7.85. The lowest BCUT2D eigenvalue weighted by Gasteiger charge is -2.16. The van der Waals surface area contributed by atoms with Gasteiger partial charge in [0.05, 0.1) is 11.9 Å². The number of halogens is 3. The van der Waals surface area contributed by atoms with Crippen LogP contribution in [0.2, 0.25) is 5.02 Å². The summed E-state index contributed by atoms with van der Waals surface area (Å²) in [5.41, 5.74) is 1.07. The van der Waals surface area contributed by atoms with E-state index in [1.807, 2.05) is 0 Å². The predicted octanol–water partition coefficient (Wildman–Crippen LogP) is 3.57. The third-order valence-electron chi connectivity index (χ3n) is 4.01. The zero-order valence-corrected chi connectivity index (χ0v) is 15.6. The van der Waals surface area contributed by atoms with Crippen LogP contribution in [0.5, 0.6) is 5.75 Å². The molecule has 3 rings (SSSR count). The summed E-state index contributed by atoms with van der Waals surface area (Å²) >= 11 is 6.16. The molecular weight excluding hydrogens is 392 g/mol.